The van der Waals surface area contributed by atoms with Gasteiger partial charge in [-0.3, -0.25) is 4.98 Å². The molecule has 108 valence electrons. The van der Waals surface area contributed by atoms with E-state index in [1.807, 2.05) is 24.3 Å². The third-order valence-electron chi connectivity index (χ3n) is 3.54. The molecule has 0 saturated heterocycles. The number of benzene rings is 1. The predicted molar refractivity (Wildman–Crippen MR) is 89.3 cm³/mol. The molecule has 0 aliphatic rings. The third-order valence-corrected chi connectivity index (χ3v) is 4.27. The van der Waals surface area contributed by atoms with Gasteiger partial charge in [-0.2, -0.15) is 11.3 Å². The molecule has 0 radical (unpaired) electrons. The Bertz CT molecular complexity index is 694. The summed E-state index contributed by atoms with van der Waals surface area (Å²) < 4.78 is 0. The molecular formula is C17H19N3S. The van der Waals surface area contributed by atoms with Crippen molar-refractivity contribution in [3.05, 3.63) is 64.5 Å². The summed E-state index contributed by atoms with van der Waals surface area (Å²) in [5.74, 6) is 0. The largest absolute Gasteiger partial charge is 0.323 e. The van der Waals surface area contributed by atoms with E-state index in [1.54, 1.807) is 11.3 Å². The van der Waals surface area contributed by atoms with Crippen molar-refractivity contribution in [1.82, 2.24) is 10.3 Å². The Hall–Kier alpha value is -1.75. The van der Waals surface area contributed by atoms with E-state index in [9.17, 15) is 0 Å². The van der Waals surface area contributed by atoms with Crippen LogP contribution in [0.15, 0.2) is 53.2 Å². The first-order valence-electron chi connectivity index (χ1n) is 7.16. The van der Waals surface area contributed by atoms with Crippen molar-refractivity contribution in [1.29, 1.82) is 0 Å². The van der Waals surface area contributed by atoms with E-state index >= 15 is 0 Å². The fourth-order valence-electron chi connectivity index (χ4n) is 2.32. The standard InChI is InChI=1S/C17H19N3S/c18-15(7-9-19-11-13-8-10-21-12-13)17-6-5-14-3-1-2-4-16(14)20-17/h1-6,8,10,12,15,19H,7,9,11,18H2. The number of hydrogen-bond donors (Lipinski definition) is 2. The summed E-state index contributed by atoms with van der Waals surface area (Å²) in [5.41, 5.74) is 9.55. The first-order valence-corrected chi connectivity index (χ1v) is 8.10. The minimum Gasteiger partial charge on any atom is -0.323 e. The van der Waals surface area contributed by atoms with Gasteiger partial charge in [0.2, 0.25) is 0 Å². The zero-order valence-electron chi connectivity index (χ0n) is 11.8. The monoisotopic (exact) mass is 297 g/mol. The van der Waals surface area contributed by atoms with E-state index in [-0.39, 0.29) is 6.04 Å². The Morgan fingerprint density at radius 2 is 2.05 bits per heavy atom. The van der Waals surface area contributed by atoms with Crippen LogP contribution in [0.4, 0.5) is 0 Å². The Morgan fingerprint density at radius 3 is 2.90 bits per heavy atom. The highest BCUT2D eigenvalue weighted by Gasteiger charge is 2.08. The second-order valence-corrected chi connectivity index (χ2v) is 5.91. The molecule has 1 unspecified atom stereocenters. The molecular weight excluding hydrogens is 278 g/mol. The van der Waals surface area contributed by atoms with Crippen molar-refractivity contribution in [2.75, 3.05) is 6.54 Å². The number of nitrogens with one attached hydrogen (secondary N) is 1. The van der Waals surface area contributed by atoms with Gasteiger partial charge in [0.05, 0.1) is 11.2 Å². The van der Waals surface area contributed by atoms with E-state index in [0.29, 0.717) is 0 Å². The van der Waals surface area contributed by atoms with Crippen molar-refractivity contribution >= 4 is 22.2 Å². The van der Waals surface area contributed by atoms with Crippen LogP contribution < -0.4 is 11.1 Å². The number of fused-ring (bicyclic) bond motifs is 1. The normalized spacial score (nSPS) is 12.6. The van der Waals surface area contributed by atoms with Crippen LogP contribution in [0.3, 0.4) is 0 Å². The molecule has 3 aromatic rings. The summed E-state index contributed by atoms with van der Waals surface area (Å²) in [7, 11) is 0. The molecule has 3 N–H and O–H groups in total. The van der Waals surface area contributed by atoms with Crippen LogP contribution in [0, 0.1) is 0 Å². The van der Waals surface area contributed by atoms with Gasteiger partial charge in [-0.05, 0) is 47.5 Å². The average molecular weight is 297 g/mol. The fraction of sp³-hybridized carbons (Fsp3) is 0.235. The van der Waals surface area contributed by atoms with Crippen molar-refractivity contribution < 1.29 is 0 Å². The number of thiophene rings is 1. The van der Waals surface area contributed by atoms with Crippen molar-refractivity contribution in [2.45, 2.75) is 19.0 Å². The molecule has 0 bridgehead atoms. The zero-order valence-corrected chi connectivity index (χ0v) is 12.6. The topological polar surface area (TPSA) is 50.9 Å². The van der Waals surface area contributed by atoms with Crippen LogP contribution in [0.1, 0.15) is 23.7 Å². The number of rotatable bonds is 6. The van der Waals surface area contributed by atoms with Gasteiger partial charge in [0.25, 0.3) is 0 Å². The molecule has 0 amide bonds. The third kappa shape index (κ3) is 3.67. The lowest BCUT2D eigenvalue weighted by molar-refractivity contribution is 0.572. The van der Waals surface area contributed by atoms with Crippen molar-refractivity contribution in [3.8, 4) is 0 Å². The van der Waals surface area contributed by atoms with Crippen LogP contribution in [0.25, 0.3) is 10.9 Å². The number of aromatic nitrogens is 1. The van der Waals surface area contributed by atoms with E-state index in [0.717, 1.165) is 36.1 Å². The molecule has 2 aromatic heterocycles. The maximum Gasteiger partial charge on any atom is 0.0706 e. The molecule has 0 saturated carbocycles. The lowest BCUT2D eigenvalue weighted by atomic mass is 10.1. The van der Waals surface area contributed by atoms with Gasteiger partial charge >= 0.3 is 0 Å². The molecule has 1 aromatic carbocycles. The maximum absolute atomic E-state index is 6.25. The first kappa shape index (κ1) is 14.2. The van der Waals surface area contributed by atoms with Gasteiger partial charge in [-0.15, -0.1) is 0 Å². The summed E-state index contributed by atoms with van der Waals surface area (Å²) in [4.78, 5) is 4.65. The van der Waals surface area contributed by atoms with Crippen LogP contribution in [-0.4, -0.2) is 11.5 Å². The number of nitrogens with two attached hydrogens (primary N) is 1. The summed E-state index contributed by atoms with van der Waals surface area (Å²) in [6.45, 7) is 1.80. The molecule has 2 heterocycles. The zero-order chi connectivity index (χ0) is 14.5. The lowest BCUT2D eigenvalue weighted by Gasteiger charge is -2.12. The molecule has 0 fully saturated rings. The smallest absolute Gasteiger partial charge is 0.0706 e. The number of hydrogen-bond acceptors (Lipinski definition) is 4. The van der Waals surface area contributed by atoms with Gasteiger partial charge in [0.1, 0.15) is 0 Å². The van der Waals surface area contributed by atoms with Crippen LogP contribution in [0.2, 0.25) is 0 Å². The minimum atomic E-state index is -0.0235. The van der Waals surface area contributed by atoms with Crippen LogP contribution in [0.5, 0.6) is 0 Å². The average Bonchev–Trinajstić information content (AvgIpc) is 3.04. The summed E-state index contributed by atoms with van der Waals surface area (Å²) >= 11 is 1.73. The highest BCUT2D eigenvalue weighted by molar-refractivity contribution is 7.07. The van der Waals surface area contributed by atoms with Gasteiger partial charge < -0.3 is 11.1 Å². The number of pyridine rings is 1. The number of nitrogens with zero attached hydrogens (tertiary/aromatic N) is 1. The van der Waals surface area contributed by atoms with Gasteiger partial charge in [-0.25, -0.2) is 0 Å². The van der Waals surface area contributed by atoms with E-state index in [2.05, 4.69) is 39.3 Å². The van der Waals surface area contributed by atoms with E-state index in [4.69, 9.17) is 5.73 Å². The van der Waals surface area contributed by atoms with Gasteiger partial charge in [0.15, 0.2) is 0 Å². The predicted octanol–water partition coefficient (Wildman–Crippen LogP) is 3.48. The summed E-state index contributed by atoms with van der Waals surface area (Å²) in [6, 6.07) is 14.4. The Kier molecular flexibility index (Phi) is 4.60. The summed E-state index contributed by atoms with van der Waals surface area (Å²) in [5, 5.41) is 8.84. The lowest BCUT2D eigenvalue weighted by Crippen LogP contribution is -2.21. The maximum atomic E-state index is 6.25. The molecule has 0 aliphatic carbocycles. The van der Waals surface area contributed by atoms with Gasteiger partial charge in [0, 0.05) is 18.0 Å². The first-order chi connectivity index (χ1) is 10.3. The highest BCUT2D eigenvalue weighted by atomic mass is 32.1. The molecule has 21 heavy (non-hydrogen) atoms. The molecule has 0 spiro atoms. The fourth-order valence-corrected chi connectivity index (χ4v) is 2.99. The summed E-state index contributed by atoms with van der Waals surface area (Å²) in [6.07, 6.45) is 0.884. The molecule has 4 heteroatoms. The van der Waals surface area contributed by atoms with E-state index < -0.39 is 0 Å². The highest BCUT2D eigenvalue weighted by Crippen LogP contribution is 2.17. The Balaban J connectivity index is 1.55. The molecule has 0 aliphatic heterocycles. The second kappa shape index (κ2) is 6.80. The van der Waals surface area contributed by atoms with E-state index in [1.165, 1.54) is 5.56 Å². The second-order valence-electron chi connectivity index (χ2n) is 5.13. The molecule has 3 nitrogen and oxygen atoms in total. The minimum absolute atomic E-state index is 0.0235. The van der Waals surface area contributed by atoms with Crippen molar-refractivity contribution in [2.24, 2.45) is 5.73 Å². The van der Waals surface area contributed by atoms with Crippen LogP contribution >= 0.6 is 11.3 Å². The quantitative estimate of drug-likeness (QED) is 0.685. The molecule has 3 rings (SSSR count). The molecule has 1 atom stereocenters. The Labute approximate surface area is 128 Å². The Morgan fingerprint density at radius 1 is 1.14 bits per heavy atom. The SMILES string of the molecule is NC(CCNCc1ccsc1)c1ccc2ccccc2n1. The number of para-hydroxylation sites is 1. The van der Waals surface area contributed by atoms with Gasteiger partial charge in [-0.1, -0.05) is 24.3 Å². The van der Waals surface area contributed by atoms with Crippen molar-refractivity contribution in [3.63, 3.8) is 0 Å². The van der Waals surface area contributed by atoms with Crippen LogP contribution in [-0.2, 0) is 6.54 Å².